The molecule has 0 aliphatic rings. The Balaban J connectivity index is 2.44. The molecule has 0 radical (unpaired) electrons. The summed E-state index contributed by atoms with van der Waals surface area (Å²) in [5.74, 6) is 5.73. The minimum absolute atomic E-state index is 0.150. The molecule has 0 aliphatic heterocycles. The number of aryl methyl sites for hydroxylation is 3. The molecule has 2 rings (SSSR count). The van der Waals surface area contributed by atoms with Crippen LogP contribution in [0.15, 0.2) is 12.3 Å². The smallest absolute Gasteiger partial charge is 0.106 e. The molecule has 2 heterocycles. The third kappa shape index (κ3) is 2.52. The highest BCUT2D eigenvalue weighted by atomic mass is 15.4. The standard InChI is InChI=1S/C12H21N7/c1-4-9-7-10(18(5-2)16-9)12(15-13)11-8-14-17-19(11)6-3/h7-8,12,15H,4-6,13H2,1-3H3. The van der Waals surface area contributed by atoms with Gasteiger partial charge in [-0.3, -0.25) is 10.5 Å². The summed E-state index contributed by atoms with van der Waals surface area (Å²) in [6.07, 6.45) is 2.65. The van der Waals surface area contributed by atoms with Crippen LogP contribution in [0.25, 0.3) is 0 Å². The van der Waals surface area contributed by atoms with Gasteiger partial charge in [0.05, 0.1) is 23.3 Å². The van der Waals surface area contributed by atoms with Crippen molar-refractivity contribution in [3.8, 4) is 0 Å². The van der Waals surface area contributed by atoms with Crippen LogP contribution in [-0.2, 0) is 19.5 Å². The Morgan fingerprint density at radius 3 is 2.53 bits per heavy atom. The third-order valence-electron chi connectivity index (χ3n) is 3.23. The van der Waals surface area contributed by atoms with Gasteiger partial charge in [0.15, 0.2) is 0 Å². The lowest BCUT2D eigenvalue weighted by atomic mass is 10.1. The fourth-order valence-electron chi connectivity index (χ4n) is 2.20. The number of nitrogens with one attached hydrogen (secondary N) is 1. The van der Waals surface area contributed by atoms with E-state index in [1.54, 1.807) is 6.20 Å². The van der Waals surface area contributed by atoms with Crippen molar-refractivity contribution in [1.82, 2.24) is 30.2 Å². The summed E-state index contributed by atoms with van der Waals surface area (Å²) in [5.41, 5.74) is 5.90. The average molecular weight is 263 g/mol. The maximum absolute atomic E-state index is 5.73. The van der Waals surface area contributed by atoms with Gasteiger partial charge in [0.25, 0.3) is 0 Å². The van der Waals surface area contributed by atoms with Gasteiger partial charge < -0.3 is 0 Å². The lowest BCUT2D eigenvalue weighted by molar-refractivity contribution is 0.497. The Hall–Kier alpha value is -1.73. The predicted octanol–water partition coefficient (Wildman–Crippen LogP) is 0.629. The van der Waals surface area contributed by atoms with Gasteiger partial charge in [0.2, 0.25) is 0 Å². The largest absolute Gasteiger partial charge is 0.270 e. The lowest BCUT2D eigenvalue weighted by Gasteiger charge is -2.17. The van der Waals surface area contributed by atoms with E-state index in [4.69, 9.17) is 5.84 Å². The Morgan fingerprint density at radius 2 is 1.95 bits per heavy atom. The topological polar surface area (TPSA) is 86.6 Å². The van der Waals surface area contributed by atoms with E-state index < -0.39 is 0 Å². The van der Waals surface area contributed by atoms with Crippen molar-refractivity contribution in [2.75, 3.05) is 0 Å². The van der Waals surface area contributed by atoms with E-state index in [0.29, 0.717) is 0 Å². The number of rotatable bonds is 6. The second kappa shape index (κ2) is 5.94. The summed E-state index contributed by atoms with van der Waals surface area (Å²) in [5, 5.41) is 12.6. The van der Waals surface area contributed by atoms with Crippen LogP contribution in [0.4, 0.5) is 0 Å². The van der Waals surface area contributed by atoms with E-state index in [1.165, 1.54) is 0 Å². The highest BCUT2D eigenvalue weighted by Gasteiger charge is 2.22. The first kappa shape index (κ1) is 13.7. The van der Waals surface area contributed by atoms with E-state index >= 15 is 0 Å². The second-order valence-electron chi connectivity index (χ2n) is 4.30. The van der Waals surface area contributed by atoms with E-state index in [1.807, 2.05) is 16.3 Å². The van der Waals surface area contributed by atoms with Crippen molar-refractivity contribution in [1.29, 1.82) is 0 Å². The van der Waals surface area contributed by atoms with Crippen LogP contribution >= 0.6 is 0 Å². The van der Waals surface area contributed by atoms with Gasteiger partial charge in [-0.2, -0.15) is 5.10 Å². The SMILES string of the molecule is CCc1cc(C(NN)c2cnnn2CC)n(CC)n1. The molecule has 0 saturated heterocycles. The summed E-state index contributed by atoms with van der Waals surface area (Å²) in [4.78, 5) is 0. The number of hydrogen-bond donors (Lipinski definition) is 2. The molecule has 7 heteroatoms. The monoisotopic (exact) mass is 263 g/mol. The van der Waals surface area contributed by atoms with Crippen molar-refractivity contribution in [2.24, 2.45) is 5.84 Å². The Kier molecular flexibility index (Phi) is 4.28. The number of nitrogens with two attached hydrogens (primary N) is 1. The normalized spacial score (nSPS) is 12.8. The van der Waals surface area contributed by atoms with Gasteiger partial charge in [-0.05, 0) is 26.3 Å². The van der Waals surface area contributed by atoms with Crippen LogP contribution in [0, 0.1) is 0 Å². The van der Waals surface area contributed by atoms with Gasteiger partial charge in [-0.15, -0.1) is 5.10 Å². The summed E-state index contributed by atoms with van der Waals surface area (Å²) in [6, 6.07) is 1.93. The molecule has 0 amide bonds. The molecule has 0 fully saturated rings. The van der Waals surface area contributed by atoms with Crippen molar-refractivity contribution >= 4 is 0 Å². The van der Waals surface area contributed by atoms with Crippen molar-refractivity contribution in [3.05, 3.63) is 29.3 Å². The molecule has 2 aromatic rings. The fraction of sp³-hybridized carbons (Fsp3) is 0.583. The summed E-state index contributed by atoms with van der Waals surface area (Å²) in [6.45, 7) is 7.75. The van der Waals surface area contributed by atoms with Gasteiger partial charge in [0, 0.05) is 13.1 Å². The molecule has 0 spiro atoms. The lowest BCUT2D eigenvalue weighted by Crippen LogP contribution is -2.32. The van der Waals surface area contributed by atoms with E-state index in [9.17, 15) is 0 Å². The average Bonchev–Trinajstić information content (AvgIpc) is 3.06. The zero-order valence-electron chi connectivity index (χ0n) is 11.7. The quantitative estimate of drug-likeness (QED) is 0.589. The minimum atomic E-state index is -0.150. The molecule has 0 aromatic carbocycles. The fourth-order valence-corrected chi connectivity index (χ4v) is 2.20. The Morgan fingerprint density at radius 1 is 1.21 bits per heavy atom. The Labute approximate surface area is 112 Å². The first-order valence-electron chi connectivity index (χ1n) is 6.66. The minimum Gasteiger partial charge on any atom is -0.270 e. The predicted molar refractivity (Wildman–Crippen MR) is 72.1 cm³/mol. The molecule has 0 bridgehead atoms. The molecule has 3 N–H and O–H groups in total. The van der Waals surface area contributed by atoms with Gasteiger partial charge >= 0.3 is 0 Å². The van der Waals surface area contributed by atoms with Crippen LogP contribution in [0.2, 0.25) is 0 Å². The molecule has 2 aromatic heterocycles. The van der Waals surface area contributed by atoms with Crippen LogP contribution in [0.1, 0.15) is 43.9 Å². The van der Waals surface area contributed by atoms with E-state index in [2.05, 4.69) is 40.8 Å². The first-order chi connectivity index (χ1) is 9.24. The molecular weight excluding hydrogens is 242 g/mol. The highest BCUT2D eigenvalue weighted by molar-refractivity contribution is 5.23. The maximum Gasteiger partial charge on any atom is 0.106 e. The van der Waals surface area contributed by atoms with Crippen LogP contribution in [-0.4, -0.2) is 24.8 Å². The zero-order valence-corrected chi connectivity index (χ0v) is 11.7. The third-order valence-corrected chi connectivity index (χ3v) is 3.23. The second-order valence-corrected chi connectivity index (χ2v) is 4.30. The molecule has 1 atom stereocenters. The molecular formula is C12H21N7. The summed E-state index contributed by atoms with van der Waals surface area (Å²) < 4.78 is 3.81. The Bertz CT molecular complexity index is 528. The van der Waals surface area contributed by atoms with Gasteiger partial charge in [-0.25, -0.2) is 10.1 Å². The van der Waals surface area contributed by atoms with Crippen molar-refractivity contribution in [3.63, 3.8) is 0 Å². The van der Waals surface area contributed by atoms with Crippen molar-refractivity contribution < 1.29 is 0 Å². The molecule has 7 nitrogen and oxygen atoms in total. The highest BCUT2D eigenvalue weighted by Crippen LogP contribution is 2.21. The number of nitrogens with zero attached hydrogens (tertiary/aromatic N) is 5. The maximum atomic E-state index is 5.73. The van der Waals surface area contributed by atoms with E-state index in [-0.39, 0.29) is 6.04 Å². The number of hydrogen-bond acceptors (Lipinski definition) is 5. The van der Waals surface area contributed by atoms with Gasteiger partial charge in [-0.1, -0.05) is 12.1 Å². The molecule has 0 aliphatic carbocycles. The number of aromatic nitrogens is 5. The van der Waals surface area contributed by atoms with E-state index in [0.717, 1.165) is 36.6 Å². The summed E-state index contributed by atoms with van der Waals surface area (Å²) in [7, 11) is 0. The number of hydrazine groups is 1. The van der Waals surface area contributed by atoms with Crippen LogP contribution in [0.3, 0.4) is 0 Å². The molecule has 19 heavy (non-hydrogen) atoms. The molecule has 0 saturated carbocycles. The zero-order chi connectivity index (χ0) is 13.8. The van der Waals surface area contributed by atoms with Gasteiger partial charge in [0.1, 0.15) is 6.04 Å². The molecule has 1 unspecified atom stereocenters. The summed E-state index contributed by atoms with van der Waals surface area (Å²) >= 11 is 0. The van der Waals surface area contributed by atoms with Crippen molar-refractivity contribution in [2.45, 2.75) is 46.3 Å². The first-order valence-corrected chi connectivity index (χ1v) is 6.66. The van der Waals surface area contributed by atoms with Crippen LogP contribution < -0.4 is 11.3 Å². The van der Waals surface area contributed by atoms with Crippen LogP contribution in [0.5, 0.6) is 0 Å². The molecule has 104 valence electrons.